The second kappa shape index (κ2) is 7.07. The minimum Gasteiger partial charge on any atom is -0.460 e. The molecule has 2 aliphatic heterocycles. The highest BCUT2D eigenvalue weighted by atomic mass is 16.6. The Morgan fingerprint density at radius 2 is 1.96 bits per heavy atom. The highest BCUT2D eigenvalue weighted by Crippen LogP contribution is 2.45. The van der Waals surface area contributed by atoms with E-state index in [1.165, 1.54) is 16.9 Å². The summed E-state index contributed by atoms with van der Waals surface area (Å²) in [5.41, 5.74) is -0.506. The zero-order valence-electron chi connectivity index (χ0n) is 15.4. The molecule has 1 aromatic rings. The highest BCUT2D eigenvalue weighted by Gasteiger charge is 2.61. The zero-order valence-corrected chi connectivity index (χ0v) is 15.4. The van der Waals surface area contributed by atoms with E-state index in [9.17, 15) is 14.4 Å². The Bertz CT molecular complexity index is 732. The summed E-state index contributed by atoms with van der Waals surface area (Å²) >= 11 is 0. The van der Waals surface area contributed by atoms with Gasteiger partial charge in [-0.2, -0.15) is 0 Å². The minimum absolute atomic E-state index is 0.0739. The van der Waals surface area contributed by atoms with Crippen molar-refractivity contribution in [1.29, 1.82) is 0 Å². The van der Waals surface area contributed by atoms with E-state index in [1.807, 2.05) is 13.8 Å². The van der Waals surface area contributed by atoms with Gasteiger partial charge in [0.15, 0.2) is 0 Å². The average molecular weight is 360 g/mol. The van der Waals surface area contributed by atoms with Crippen LogP contribution in [0.4, 0.5) is 5.69 Å². The van der Waals surface area contributed by atoms with E-state index in [4.69, 9.17) is 9.47 Å². The summed E-state index contributed by atoms with van der Waals surface area (Å²) in [6.45, 7) is 4.63. The molecule has 0 bridgehead atoms. The van der Waals surface area contributed by atoms with Crippen LogP contribution in [-0.4, -0.2) is 55.2 Å². The minimum atomic E-state index is -1.42. The third-order valence-corrected chi connectivity index (χ3v) is 4.77. The second-order valence-corrected chi connectivity index (χ2v) is 7.00. The van der Waals surface area contributed by atoms with Crippen LogP contribution >= 0.6 is 0 Å². The van der Waals surface area contributed by atoms with Gasteiger partial charge in [0.25, 0.3) is 5.91 Å². The molecule has 7 nitrogen and oxygen atoms in total. The van der Waals surface area contributed by atoms with Crippen molar-refractivity contribution < 1.29 is 23.9 Å². The lowest BCUT2D eigenvalue weighted by Gasteiger charge is -2.48. The molecule has 1 aromatic carbocycles. The number of carbonyl (C=O) groups is 3. The molecule has 2 heterocycles. The predicted octanol–water partition coefficient (Wildman–Crippen LogP) is 1.81. The normalized spacial score (nSPS) is 21.8. The van der Waals surface area contributed by atoms with Gasteiger partial charge in [-0.15, -0.1) is 0 Å². The molecule has 1 atom stereocenters. The maximum atomic E-state index is 13.2. The number of fused-ring (bicyclic) bond motifs is 3. The predicted molar refractivity (Wildman–Crippen MR) is 94.6 cm³/mol. The van der Waals surface area contributed by atoms with Gasteiger partial charge in [0, 0.05) is 26.5 Å². The number of amides is 2. The molecule has 1 saturated heterocycles. The summed E-state index contributed by atoms with van der Waals surface area (Å²) in [5, 5.41) is 0. The highest BCUT2D eigenvalue weighted by molar-refractivity contribution is 6.15. The van der Waals surface area contributed by atoms with Crippen molar-refractivity contribution in [3.8, 4) is 0 Å². The Hall–Kier alpha value is -2.41. The molecule has 2 aliphatic rings. The van der Waals surface area contributed by atoms with Crippen molar-refractivity contribution in [2.24, 2.45) is 5.92 Å². The second-order valence-electron chi connectivity index (χ2n) is 7.00. The number of nitrogens with zero attached hydrogens (tertiary/aromatic N) is 2. The zero-order chi connectivity index (χ0) is 18.9. The maximum Gasteiger partial charge on any atom is 0.353 e. The third kappa shape index (κ3) is 2.76. The molecule has 2 amide bonds. The summed E-state index contributed by atoms with van der Waals surface area (Å²) in [4.78, 5) is 42.0. The molecular formula is C19H24N2O5. The van der Waals surface area contributed by atoms with E-state index in [0.29, 0.717) is 17.8 Å². The number of anilines is 1. The summed E-state index contributed by atoms with van der Waals surface area (Å²) in [5.74, 6) is -0.874. The number of methoxy groups -OCH3 is 1. The number of benzene rings is 1. The van der Waals surface area contributed by atoms with Crippen molar-refractivity contribution in [3.63, 3.8) is 0 Å². The van der Waals surface area contributed by atoms with Crippen LogP contribution in [0.25, 0.3) is 0 Å². The molecular weight excluding hydrogens is 336 g/mol. The summed E-state index contributed by atoms with van der Waals surface area (Å²) in [6.07, 6.45) is 0.417. The first-order valence-corrected chi connectivity index (χ1v) is 8.83. The first-order valence-electron chi connectivity index (χ1n) is 8.83. The average Bonchev–Trinajstić information content (AvgIpc) is 2.97. The van der Waals surface area contributed by atoms with Gasteiger partial charge in [-0.25, -0.2) is 4.79 Å². The number of esters is 1. The van der Waals surface area contributed by atoms with Crippen molar-refractivity contribution in [1.82, 2.24) is 4.90 Å². The van der Waals surface area contributed by atoms with E-state index in [2.05, 4.69) is 0 Å². The number of rotatable bonds is 6. The summed E-state index contributed by atoms with van der Waals surface area (Å²) in [6, 6.07) is 6.92. The molecule has 26 heavy (non-hydrogen) atoms. The largest absolute Gasteiger partial charge is 0.460 e. The molecule has 0 aromatic heterocycles. The number of hydrogen-bond acceptors (Lipinski definition) is 5. The quantitative estimate of drug-likeness (QED) is 0.571. The standard InChI is InChI=1S/C19H24N2O5/c1-13(2)12-20-17(23)14-6-4-5-7-15(14)21-16(22)8-9-19(20,21)18(24)26-11-10-25-3/h4-7,13H,8-12H2,1-3H3/t19-/m0/s1. The fourth-order valence-electron chi connectivity index (χ4n) is 3.70. The molecule has 0 unspecified atom stereocenters. The van der Waals surface area contributed by atoms with Gasteiger partial charge < -0.3 is 14.4 Å². The maximum absolute atomic E-state index is 13.2. The van der Waals surface area contributed by atoms with Gasteiger partial charge in [0.05, 0.1) is 17.9 Å². The van der Waals surface area contributed by atoms with E-state index < -0.39 is 11.6 Å². The summed E-state index contributed by atoms with van der Waals surface area (Å²) < 4.78 is 10.3. The summed E-state index contributed by atoms with van der Waals surface area (Å²) in [7, 11) is 1.52. The molecule has 0 radical (unpaired) electrons. The molecule has 3 rings (SSSR count). The van der Waals surface area contributed by atoms with Crippen LogP contribution in [0, 0.1) is 5.92 Å². The van der Waals surface area contributed by atoms with Gasteiger partial charge >= 0.3 is 5.97 Å². The van der Waals surface area contributed by atoms with Crippen molar-refractivity contribution >= 4 is 23.5 Å². The number of para-hydroxylation sites is 1. The third-order valence-electron chi connectivity index (χ3n) is 4.77. The van der Waals surface area contributed by atoms with Crippen LogP contribution in [0.15, 0.2) is 24.3 Å². The van der Waals surface area contributed by atoms with Gasteiger partial charge in [0.2, 0.25) is 11.6 Å². The van der Waals surface area contributed by atoms with E-state index in [-0.39, 0.29) is 43.8 Å². The Kier molecular flexibility index (Phi) is 5.00. The van der Waals surface area contributed by atoms with E-state index >= 15 is 0 Å². The van der Waals surface area contributed by atoms with Crippen LogP contribution in [0.5, 0.6) is 0 Å². The molecule has 0 aliphatic carbocycles. The van der Waals surface area contributed by atoms with Crippen LogP contribution in [-0.2, 0) is 19.1 Å². The van der Waals surface area contributed by atoms with Gasteiger partial charge in [0.1, 0.15) is 6.61 Å². The number of hydrogen-bond donors (Lipinski definition) is 0. The van der Waals surface area contributed by atoms with Gasteiger partial charge in [-0.1, -0.05) is 26.0 Å². The first-order chi connectivity index (χ1) is 12.4. The lowest BCUT2D eigenvalue weighted by atomic mass is 9.95. The van der Waals surface area contributed by atoms with Gasteiger partial charge in [-0.05, 0) is 18.1 Å². The van der Waals surface area contributed by atoms with Crippen LogP contribution in [0.2, 0.25) is 0 Å². The van der Waals surface area contributed by atoms with Crippen molar-refractivity contribution in [3.05, 3.63) is 29.8 Å². The van der Waals surface area contributed by atoms with Crippen LogP contribution in [0.1, 0.15) is 37.0 Å². The Morgan fingerprint density at radius 1 is 1.23 bits per heavy atom. The van der Waals surface area contributed by atoms with Crippen LogP contribution in [0.3, 0.4) is 0 Å². The van der Waals surface area contributed by atoms with Gasteiger partial charge in [-0.3, -0.25) is 14.5 Å². The molecule has 0 N–H and O–H groups in total. The SMILES string of the molecule is COCCOC(=O)[C@]12CCC(=O)N1c1ccccc1C(=O)N2CC(C)C. The number of ether oxygens (including phenoxy) is 2. The molecule has 0 saturated carbocycles. The molecule has 7 heteroatoms. The fraction of sp³-hybridized carbons (Fsp3) is 0.526. The molecule has 0 spiro atoms. The van der Waals surface area contributed by atoms with Crippen LogP contribution < -0.4 is 4.90 Å². The van der Waals surface area contributed by atoms with Crippen molar-refractivity contribution in [2.75, 3.05) is 31.8 Å². The fourth-order valence-corrected chi connectivity index (χ4v) is 3.70. The molecule has 140 valence electrons. The monoisotopic (exact) mass is 360 g/mol. The first kappa shape index (κ1) is 18.4. The lowest BCUT2D eigenvalue weighted by Crippen LogP contribution is -2.69. The smallest absolute Gasteiger partial charge is 0.353 e. The Balaban J connectivity index is 2.11. The topological polar surface area (TPSA) is 76.1 Å². The van der Waals surface area contributed by atoms with Crippen molar-refractivity contribution in [2.45, 2.75) is 32.4 Å². The lowest BCUT2D eigenvalue weighted by molar-refractivity contribution is -0.158. The van der Waals surface area contributed by atoms with E-state index in [0.717, 1.165) is 0 Å². The Morgan fingerprint density at radius 3 is 2.65 bits per heavy atom. The Labute approximate surface area is 152 Å². The molecule has 1 fully saturated rings. The number of carbonyl (C=O) groups excluding carboxylic acids is 3. The van der Waals surface area contributed by atoms with E-state index in [1.54, 1.807) is 24.3 Å².